The van der Waals surface area contributed by atoms with Crippen LogP contribution >= 0.6 is 27.3 Å². The molecule has 1 rings (SSSR count). The zero-order valence-electron chi connectivity index (χ0n) is 4.52. The molecule has 0 aliphatic heterocycles. The second-order valence-electron chi connectivity index (χ2n) is 1.55. The summed E-state index contributed by atoms with van der Waals surface area (Å²) in [7, 11) is 0. The molecule has 0 unspecified atom stereocenters. The van der Waals surface area contributed by atoms with E-state index in [0.29, 0.717) is 0 Å². The molecule has 0 bridgehead atoms. The zero-order valence-corrected chi connectivity index (χ0v) is 6.92. The Bertz CT molecular complexity index is 231. The lowest BCUT2D eigenvalue weighted by molar-refractivity contribution is 1.43. The second-order valence-corrected chi connectivity index (χ2v) is 3.14. The van der Waals surface area contributed by atoms with Crippen molar-refractivity contribution in [1.82, 2.24) is 0 Å². The summed E-state index contributed by atoms with van der Waals surface area (Å²) in [6.45, 7) is 0. The maximum absolute atomic E-state index is 7.05. The predicted molar refractivity (Wildman–Crippen MR) is 43.0 cm³/mol. The summed E-state index contributed by atoms with van der Waals surface area (Å²) in [5.41, 5.74) is 6.00. The van der Waals surface area contributed by atoms with Gasteiger partial charge in [-0.2, -0.15) is 11.3 Å². The Morgan fingerprint density at radius 2 is 2.33 bits per heavy atom. The van der Waals surface area contributed by atoms with Crippen LogP contribution in [-0.2, 0) is 0 Å². The molecule has 2 nitrogen and oxygen atoms in total. The normalized spacial score (nSPS) is 9.44. The third-order valence-corrected chi connectivity index (χ3v) is 2.61. The van der Waals surface area contributed by atoms with Crippen molar-refractivity contribution in [1.29, 1.82) is 5.41 Å². The van der Waals surface area contributed by atoms with Gasteiger partial charge in [-0.3, -0.25) is 5.41 Å². The monoisotopic (exact) mass is 204 g/mol. The summed E-state index contributed by atoms with van der Waals surface area (Å²) in [6.07, 6.45) is 0. The van der Waals surface area contributed by atoms with E-state index in [1.807, 2.05) is 10.8 Å². The summed E-state index contributed by atoms with van der Waals surface area (Å²) in [5.74, 6) is 0.114. The Kier molecular flexibility index (Phi) is 1.87. The van der Waals surface area contributed by atoms with E-state index in [9.17, 15) is 0 Å². The molecule has 1 heterocycles. The van der Waals surface area contributed by atoms with Gasteiger partial charge < -0.3 is 5.73 Å². The van der Waals surface area contributed by atoms with Crippen LogP contribution in [0.1, 0.15) is 5.56 Å². The van der Waals surface area contributed by atoms with Crippen LogP contribution in [0.15, 0.2) is 15.2 Å². The fourth-order valence-electron chi connectivity index (χ4n) is 0.474. The van der Waals surface area contributed by atoms with Crippen LogP contribution in [0, 0.1) is 5.41 Å². The molecule has 4 heteroatoms. The third-order valence-electron chi connectivity index (χ3n) is 0.905. The molecule has 0 saturated carbocycles. The SMILES string of the molecule is N=C(N)c1cscc1Br. The van der Waals surface area contributed by atoms with Crippen LogP contribution in [0.4, 0.5) is 0 Å². The molecule has 0 amide bonds. The largest absolute Gasteiger partial charge is 0.384 e. The zero-order chi connectivity index (χ0) is 6.85. The highest BCUT2D eigenvalue weighted by Gasteiger charge is 2.01. The highest BCUT2D eigenvalue weighted by atomic mass is 79.9. The van der Waals surface area contributed by atoms with E-state index in [0.717, 1.165) is 10.0 Å². The number of nitrogens with one attached hydrogen (secondary N) is 1. The van der Waals surface area contributed by atoms with Crippen molar-refractivity contribution in [2.24, 2.45) is 5.73 Å². The molecule has 1 aromatic rings. The first-order chi connectivity index (χ1) is 4.22. The fourth-order valence-corrected chi connectivity index (χ4v) is 1.98. The quantitative estimate of drug-likeness (QED) is 0.533. The van der Waals surface area contributed by atoms with Crippen LogP contribution in [-0.4, -0.2) is 5.84 Å². The summed E-state index contributed by atoms with van der Waals surface area (Å²) in [6, 6.07) is 0. The number of rotatable bonds is 1. The highest BCUT2D eigenvalue weighted by Crippen LogP contribution is 2.19. The van der Waals surface area contributed by atoms with E-state index in [1.54, 1.807) is 0 Å². The molecule has 0 aliphatic carbocycles. The number of nitrogens with two attached hydrogens (primary N) is 1. The average Bonchev–Trinajstić information content (AvgIpc) is 2.13. The van der Waals surface area contributed by atoms with Crippen molar-refractivity contribution in [3.8, 4) is 0 Å². The molecule has 1 aromatic heterocycles. The molecule has 0 saturated heterocycles. The first-order valence-electron chi connectivity index (χ1n) is 2.28. The summed E-state index contributed by atoms with van der Waals surface area (Å²) >= 11 is 4.78. The Balaban J connectivity index is 3.08. The lowest BCUT2D eigenvalue weighted by Crippen LogP contribution is -2.09. The van der Waals surface area contributed by atoms with Crippen molar-refractivity contribution in [2.45, 2.75) is 0 Å². The van der Waals surface area contributed by atoms with Crippen molar-refractivity contribution in [3.63, 3.8) is 0 Å². The number of nitrogen functional groups attached to an aromatic ring is 1. The van der Waals surface area contributed by atoms with Gasteiger partial charge in [0.05, 0.1) is 0 Å². The molecular weight excluding hydrogens is 200 g/mol. The number of thiophene rings is 1. The summed E-state index contributed by atoms with van der Waals surface area (Å²) < 4.78 is 0.903. The molecule has 0 aromatic carbocycles. The highest BCUT2D eigenvalue weighted by molar-refractivity contribution is 9.10. The van der Waals surface area contributed by atoms with Gasteiger partial charge in [0.2, 0.25) is 0 Å². The van der Waals surface area contributed by atoms with Gasteiger partial charge >= 0.3 is 0 Å². The van der Waals surface area contributed by atoms with Gasteiger partial charge in [-0.1, -0.05) is 0 Å². The van der Waals surface area contributed by atoms with Crippen LogP contribution in [0.25, 0.3) is 0 Å². The van der Waals surface area contributed by atoms with E-state index in [1.165, 1.54) is 11.3 Å². The van der Waals surface area contributed by atoms with Gasteiger partial charge in [0, 0.05) is 20.8 Å². The summed E-state index contributed by atoms with van der Waals surface area (Å²) in [5, 5.41) is 10.8. The van der Waals surface area contributed by atoms with Gasteiger partial charge in [-0.05, 0) is 15.9 Å². The number of halogens is 1. The first-order valence-corrected chi connectivity index (χ1v) is 4.01. The lowest BCUT2D eigenvalue weighted by Gasteiger charge is -1.90. The van der Waals surface area contributed by atoms with Gasteiger partial charge in [0.25, 0.3) is 0 Å². The van der Waals surface area contributed by atoms with E-state index in [-0.39, 0.29) is 5.84 Å². The number of amidine groups is 1. The number of hydrogen-bond acceptors (Lipinski definition) is 2. The third kappa shape index (κ3) is 1.31. The van der Waals surface area contributed by atoms with Gasteiger partial charge in [-0.15, -0.1) is 0 Å². The minimum Gasteiger partial charge on any atom is -0.384 e. The molecular formula is C5H5BrN2S. The maximum atomic E-state index is 7.05. The van der Waals surface area contributed by atoms with Crippen molar-refractivity contribution < 1.29 is 0 Å². The van der Waals surface area contributed by atoms with E-state index >= 15 is 0 Å². The predicted octanol–water partition coefficient (Wildman–Crippen LogP) is 1.79. The molecule has 0 atom stereocenters. The second kappa shape index (κ2) is 2.49. The molecule has 48 valence electrons. The van der Waals surface area contributed by atoms with Gasteiger partial charge in [0.15, 0.2) is 0 Å². The smallest absolute Gasteiger partial charge is 0.124 e. The molecule has 9 heavy (non-hydrogen) atoms. The minimum absolute atomic E-state index is 0.114. The topological polar surface area (TPSA) is 49.9 Å². The van der Waals surface area contributed by atoms with Crippen LogP contribution in [0.2, 0.25) is 0 Å². The Morgan fingerprint density at radius 1 is 1.67 bits per heavy atom. The van der Waals surface area contributed by atoms with Crippen LogP contribution in [0.3, 0.4) is 0 Å². The van der Waals surface area contributed by atoms with Crippen molar-refractivity contribution in [2.75, 3.05) is 0 Å². The Hall–Kier alpha value is -0.350. The van der Waals surface area contributed by atoms with E-state index < -0.39 is 0 Å². The molecule has 3 N–H and O–H groups in total. The van der Waals surface area contributed by atoms with E-state index in [2.05, 4.69) is 15.9 Å². The fraction of sp³-hybridized carbons (Fsp3) is 0. The van der Waals surface area contributed by atoms with E-state index in [4.69, 9.17) is 11.1 Å². The van der Waals surface area contributed by atoms with Crippen LogP contribution < -0.4 is 5.73 Å². The van der Waals surface area contributed by atoms with Gasteiger partial charge in [0.1, 0.15) is 5.84 Å². The van der Waals surface area contributed by atoms with Gasteiger partial charge in [-0.25, -0.2) is 0 Å². The molecule has 0 spiro atoms. The minimum atomic E-state index is 0.114. The average molecular weight is 205 g/mol. The Labute approximate surface area is 65.3 Å². The molecule has 0 fully saturated rings. The Morgan fingerprint density at radius 3 is 2.56 bits per heavy atom. The van der Waals surface area contributed by atoms with Crippen LogP contribution in [0.5, 0.6) is 0 Å². The number of hydrogen-bond donors (Lipinski definition) is 2. The lowest BCUT2D eigenvalue weighted by atomic mass is 10.3. The standard InChI is InChI=1S/C5H5BrN2S/c6-4-2-9-1-3(4)5(7)8/h1-2H,(H3,7,8). The van der Waals surface area contributed by atoms with Crippen molar-refractivity contribution in [3.05, 3.63) is 20.8 Å². The molecule has 0 radical (unpaired) electrons. The summed E-state index contributed by atoms with van der Waals surface area (Å²) in [4.78, 5) is 0. The molecule has 0 aliphatic rings. The first kappa shape index (κ1) is 6.77. The maximum Gasteiger partial charge on any atom is 0.124 e. The van der Waals surface area contributed by atoms with Crippen molar-refractivity contribution >= 4 is 33.1 Å².